The molecular weight excluding hydrogens is 682 g/mol. The number of nitrogens with one attached hydrogen (secondary N) is 1. The third-order valence-corrected chi connectivity index (χ3v) is 11.3. The number of fused-ring (bicyclic) bond motifs is 2. The molecule has 5 atom stereocenters. The summed E-state index contributed by atoms with van der Waals surface area (Å²) in [5, 5.41) is 27.7. The maximum Gasteiger partial charge on any atom is 0.407 e. The number of carboxylic acid groups (broad SMARTS) is 1. The molecule has 15 heteroatoms. The number of rotatable bonds is 17. The van der Waals surface area contributed by atoms with Crippen LogP contribution in [0.25, 0.3) is 0 Å². The van der Waals surface area contributed by atoms with Crippen molar-refractivity contribution in [2.75, 3.05) is 39.6 Å². The lowest BCUT2D eigenvalue weighted by Crippen LogP contribution is -2.61. The van der Waals surface area contributed by atoms with Crippen molar-refractivity contribution in [2.45, 2.75) is 95.3 Å². The van der Waals surface area contributed by atoms with Crippen molar-refractivity contribution >= 4 is 22.2 Å². The first-order valence-electron chi connectivity index (χ1n) is 17.5. The first-order chi connectivity index (χ1) is 24.2. The fraction of sp³-hybridized carbons (Fsp3) is 0.611. The summed E-state index contributed by atoms with van der Waals surface area (Å²) in [6.07, 6.45) is -1.60. The molecule has 3 aliphatic rings. The summed E-state index contributed by atoms with van der Waals surface area (Å²) in [5.41, 5.74) is 0.181. The molecule has 5 rings (SSSR count). The summed E-state index contributed by atoms with van der Waals surface area (Å²) in [4.78, 5) is 25.9. The van der Waals surface area contributed by atoms with Crippen LogP contribution in [0.2, 0.25) is 0 Å². The number of unbranched alkanes of at least 4 members (excludes halogenated alkanes) is 1. The van der Waals surface area contributed by atoms with Crippen LogP contribution in [0.1, 0.15) is 58.9 Å². The molecule has 0 bridgehead atoms. The second-order valence-electron chi connectivity index (χ2n) is 14.4. The number of alkyl carbamates (subject to hydrolysis) is 1. The summed E-state index contributed by atoms with van der Waals surface area (Å²) in [6, 6.07) is 11.8. The Balaban J connectivity index is 1.40. The number of aliphatic hydroxyl groups excluding tert-OH is 1. The molecule has 0 aliphatic carbocycles. The largest absolute Gasteiger partial charge is 0.530 e. The smallest absolute Gasteiger partial charge is 0.407 e. The predicted octanol–water partition coefficient (Wildman–Crippen LogP) is 3.12. The molecule has 3 aliphatic heterocycles. The minimum atomic E-state index is -4.26. The molecule has 0 spiro atoms. The Kier molecular flexibility index (Phi) is 12.7. The van der Waals surface area contributed by atoms with Crippen molar-refractivity contribution in [2.24, 2.45) is 11.3 Å². The number of carbonyl (C=O) groups excluding carboxylic acids is 2. The van der Waals surface area contributed by atoms with E-state index in [9.17, 15) is 28.2 Å². The van der Waals surface area contributed by atoms with E-state index in [-0.39, 0.29) is 43.3 Å². The van der Waals surface area contributed by atoms with E-state index in [0.29, 0.717) is 50.3 Å². The molecule has 2 aromatic rings. The quantitative estimate of drug-likeness (QED) is 0.229. The van der Waals surface area contributed by atoms with Crippen molar-refractivity contribution in [3.8, 4) is 11.5 Å². The van der Waals surface area contributed by atoms with Crippen LogP contribution < -0.4 is 19.9 Å². The number of sulfonamides is 1. The van der Waals surface area contributed by atoms with Gasteiger partial charge in [0.05, 0.1) is 42.4 Å². The Hall–Kier alpha value is -3.63. The van der Waals surface area contributed by atoms with Gasteiger partial charge in [-0.3, -0.25) is 0 Å². The Bertz CT molecular complexity index is 1590. The van der Waals surface area contributed by atoms with Crippen molar-refractivity contribution in [1.82, 2.24) is 14.5 Å². The minimum Gasteiger partial charge on any atom is -0.530 e. The van der Waals surface area contributed by atoms with Gasteiger partial charge in [0.25, 0.3) is 0 Å². The monoisotopic (exact) mass is 732 g/mol. The predicted molar refractivity (Wildman–Crippen MR) is 183 cm³/mol. The summed E-state index contributed by atoms with van der Waals surface area (Å²) >= 11 is 0. The SMILES string of the molecule is CC(C)OC(=O)NCCCCC(C)(C)CN(C[C@@H](O)[C@H](Cc1ccccc1)N(C(=O)[O-])[C@H]1CO[C@H]2OCC[C@H]21)S(=O)(=O)c1ccc2c(c1)OCO2. The lowest BCUT2D eigenvalue weighted by Gasteiger charge is -2.43. The number of hydrogen-bond acceptors (Lipinski definition) is 11. The highest BCUT2D eigenvalue weighted by Gasteiger charge is 2.47. The third kappa shape index (κ3) is 9.83. The molecule has 0 aromatic heterocycles. The van der Waals surface area contributed by atoms with Crippen molar-refractivity contribution in [1.29, 1.82) is 0 Å². The fourth-order valence-electron chi connectivity index (χ4n) is 7.02. The number of amides is 2. The Labute approximate surface area is 300 Å². The molecule has 3 heterocycles. The van der Waals surface area contributed by atoms with Gasteiger partial charge in [-0.15, -0.1) is 0 Å². The molecule has 0 radical (unpaired) electrons. The van der Waals surface area contributed by atoms with Crippen LogP contribution in [0, 0.1) is 11.3 Å². The lowest BCUT2D eigenvalue weighted by molar-refractivity contribution is -0.273. The maximum atomic E-state index is 14.5. The van der Waals surface area contributed by atoms with Gasteiger partial charge in [-0.1, -0.05) is 50.6 Å². The number of aliphatic hydroxyl groups is 1. The van der Waals surface area contributed by atoms with Crippen LogP contribution in [-0.2, 0) is 30.7 Å². The molecule has 0 unspecified atom stereocenters. The van der Waals surface area contributed by atoms with Gasteiger partial charge in [0.15, 0.2) is 17.8 Å². The summed E-state index contributed by atoms with van der Waals surface area (Å²) < 4.78 is 57.6. The molecule has 2 amide bonds. The highest BCUT2D eigenvalue weighted by molar-refractivity contribution is 7.89. The topological polar surface area (TPSA) is 176 Å². The van der Waals surface area contributed by atoms with Gasteiger partial charge in [0.1, 0.15) is 6.09 Å². The maximum absolute atomic E-state index is 14.5. The van der Waals surface area contributed by atoms with Gasteiger partial charge in [-0.25, -0.2) is 13.2 Å². The van der Waals surface area contributed by atoms with Crippen LogP contribution in [0.5, 0.6) is 11.5 Å². The van der Waals surface area contributed by atoms with Crippen LogP contribution >= 0.6 is 0 Å². The van der Waals surface area contributed by atoms with Crippen molar-refractivity contribution in [3.63, 3.8) is 0 Å². The zero-order chi connectivity index (χ0) is 36.8. The third-order valence-electron chi connectivity index (χ3n) is 9.53. The molecule has 2 fully saturated rings. The molecule has 51 heavy (non-hydrogen) atoms. The fourth-order valence-corrected chi connectivity index (χ4v) is 8.68. The zero-order valence-corrected chi connectivity index (χ0v) is 30.5. The minimum absolute atomic E-state index is 0.0120. The summed E-state index contributed by atoms with van der Waals surface area (Å²) in [6.45, 7) is 7.88. The van der Waals surface area contributed by atoms with Crippen LogP contribution in [0.3, 0.4) is 0 Å². The Morgan fingerprint density at radius 1 is 1.08 bits per heavy atom. The molecule has 2 aromatic carbocycles. The van der Waals surface area contributed by atoms with Gasteiger partial charge < -0.3 is 48.9 Å². The number of benzene rings is 2. The molecule has 0 saturated carbocycles. The van der Waals surface area contributed by atoms with E-state index in [4.69, 9.17) is 23.7 Å². The standard InChI is InChI=1S/C36H51N3O11S/c1-24(2)50-34(41)37-16-9-8-15-36(3,4)22-38(51(44,45)26-12-13-31-32(19-26)49-23-48-31)20-30(40)28(18-25-10-6-5-7-11-25)39(35(42)43)29-21-47-33-27(29)14-17-46-33/h5-7,10-13,19,24,27-30,33,40H,8-9,14-18,20-23H2,1-4H3,(H,37,41)(H,42,43)/p-1/t27-,28-,29-,30+,33+/m0/s1. The number of carbonyl (C=O) groups is 2. The molecule has 282 valence electrons. The molecule has 2 N–H and O–H groups in total. The number of ether oxygens (including phenoxy) is 5. The molecule has 2 saturated heterocycles. The number of hydrogen-bond donors (Lipinski definition) is 2. The Morgan fingerprint density at radius 2 is 1.82 bits per heavy atom. The van der Waals surface area contributed by atoms with Gasteiger partial charge in [0, 0.05) is 31.6 Å². The van der Waals surface area contributed by atoms with E-state index in [2.05, 4.69) is 5.32 Å². The highest BCUT2D eigenvalue weighted by atomic mass is 32.2. The second-order valence-corrected chi connectivity index (χ2v) is 16.3. The summed E-state index contributed by atoms with van der Waals surface area (Å²) in [5.74, 6) is 0.466. The summed E-state index contributed by atoms with van der Waals surface area (Å²) in [7, 11) is -4.26. The number of nitrogens with zero attached hydrogens (tertiary/aromatic N) is 2. The molecular formula is C36H50N3O11S-. The van der Waals surface area contributed by atoms with E-state index in [0.717, 1.165) is 10.5 Å². The van der Waals surface area contributed by atoms with Gasteiger partial charge in [0.2, 0.25) is 16.8 Å². The average Bonchev–Trinajstić information content (AvgIpc) is 3.82. The van der Waals surface area contributed by atoms with E-state index in [1.165, 1.54) is 22.5 Å². The first-order valence-corrected chi connectivity index (χ1v) is 19.0. The van der Waals surface area contributed by atoms with Crippen LogP contribution in [-0.4, -0.2) is 105 Å². The van der Waals surface area contributed by atoms with E-state index in [1.807, 2.05) is 44.2 Å². The van der Waals surface area contributed by atoms with E-state index < -0.39 is 58.6 Å². The van der Waals surface area contributed by atoms with Crippen molar-refractivity contribution in [3.05, 3.63) is 54.1 Å². The van der Waals surface area contributed by atoms with Gasteiger partial charge in [-0.2, -0.15) is 4.31 Å². The van der Waals surface area contributed by atoms with E-state index >= 15 is 0 Å². The second kappa shape index (κ2) is 16.8. The van der Waals surface area contributed by atoms with E-state index in [1.54, 1.807) is 13.8 Å². The van der Waals surface area contributed by atoms with Crippen LogP contribution in [0.15, 0.2) is 53.4 Å². The molecule has 14 nitrogen and oxygen atoms in total. The normalized spacial score (nSPS) is 21.0. The first kappa shape index (κ1) is 38.6. The van der Waals surface area contributed by atoms with Gasteiger partial charge in [-0.05, 0) is 62.6 Å². The zero-order valence-electron chi connectivity index (χ0n) is 29.7. The van der Waals surface area contributed by atoms with Crippen molar-refractivity contribution < 1.29 is 51.9 Å². The average molecular weight is 733 g/mol. The highest BCUT2D eigenvalue weighted by Crippen LogP contribution is 2.38. The Morgan fingerprint density at radius 3 is 2.55 bits per heavy atom. The van der Waals surface area contributed by atoms with Gasteiger partial charge >= 0.3 is 6.09 Å². The lowest BCUT2D eigenvalue weighted by atomic mass is 9.87. The van der Waals surface area contributed by atoms with Crippen LogP contribution in [0.4, 0.5) is 9.59 Å².